The lowest BCUT2D eigenvalue weighted by Gasteiger charge is -2.31. The van der Waals surface area contributed by atoms with E-state index in [1.807, 2.05) is 0 Å². The topological polar surface area (TPSA) is 6.48 Å². The Morgan fingerprint density at radius 2 is 0.395 bits per heavy atom. The molecule has 0 aliphatic heterocycles. The maximum Gasteiger partial charge on any atom is 0.0540 e. The predicted octanol–water partition coefficient (Wildman–Crippen LogP) is 20.9. The summed E-state index contributed by atoms with van der Waals surface area (Å²) >= 11 is 0. The van der Waals surface area contributed by atoms with Crippen LogP contribution in [0, 0.1) is 0 Å². The van der Waals surface area contributed by atoms with Crippen molar-refractivity contribution < 1.29 is 0 Å². The standard InChI is InChI=1S/C74H52N2/c1-7-27-53(28-8-1)61-39-19-23-43-69(61)75(70-44-24-20-40-62(70)54-29-9-2-10-30-54)59-47-49-65-67(51-59)73(57-35-15-5-16-36-57)66-50-48-60(52-68(66)74(65)58-37-17-6-18-38-58)76(71-45-25-21-41-63(71)55-31-11-3-12-32-55)72-46-26-22-42-64(72)56-33-13-4-14-34-56/h1-52H. The Bertz CT molecular complexity index is 3700. The first kappa shape index (κ1) is 45.8. The highest BCUT2D eigenvalue weighted by molar-refractivity contribution is 6.23. The Hall–Kier alpha value is -10.0. The molecule has 0 unspecified atom stereocenters. The summed E-state index contributed by atoms with van der Waals surface area (Å²) in [6.45, 7) is 0. The van der Waals surface area contributed by atoms with Gasteiger partial charge >= 0.3 is 0 Å². The van der Waals surface area contributed by atoms with Crippen molar-refractivity contribution in [2.75, 3.05) is 9.80 Å². The van der Waals surface area contributed by atoms with Gasteiger partial charge in [-0.15, -0.1) is 0 Å². The van der Waals surface area contributed by atoms with E-state index >= 15 is 0 Å². The normalized spacial score (nSPS) is 11.2. The molecular formula is C74H52N2. The maximum atomic E-state index is 2.47. The summed E-state index contributed by atoms with van der Waals surface area (Å²) in [5.41, 5.74) is 20.4. The first-order valence-electron chi connectivity index (χ1n) is 26.1. The second-order valence-corrected chi connectivity index (χ2v) is 19.1. The zero-order chi connectivity index (χ0) is 50.6. The Kier molecular flexibility index (Phi) is 12.3. The van der Waals surface area contributed by atoms with E-state index in [2.05, 4.69) is 325 Å². The van der Waals surface area contributed by atoms with Gasteiger partial charge in [0.2, 0.25) is 0 Å². The minimum Gasteiger partial charge on any atom is -0.309 e. The largest absolute Gasteiger partial charge is 0.309 e. The van der Waals surface area contributed by atoms with Crippen LogP contribution in [0.3, 0.4) is 0 Å². The lowest BCUT2D eigenvalue weighted by molar-refractivity contribution is 1.29. The van der Waals surface area contributed by atoms with Gasteiger partial charge in [-0.3, -0.25) is 0 Å². The summed E-state index contributed by atoms with van der Waals surface area (Å²) in [6.07, 6.45) is 0. The second-order valence-electron chi connectivity index (χ2n) is 19.1. The van der Waals surface area contributed by atoms with Gasteiger partial charge in [-0.1, -0.05) is 267 Å². The molecule has 0 aliphatic carbocycles. The van der Waals surface area contributed by atoms with Crippen LogP contribution in [-0.2, 0) is 0 Å². The number of benzene rings is 13. The minimum atomic E-state index is 1.06. The number of anilines is 6. The maximum absolute atomic E-state index is 2.47. The number of nitrogens with zero attached hydrogens (tertiary/aromatic N) is 2. The van der Waals surface area contributed by atoms with Gasteiger partial charge in [-0.25, -0.2) is 0 Å². The summed E-state index contributed by atoms with van der Waals surface area (Å²) in [7, 11) is 0. The van der Waals surface area contributed by atoms with Crippen molar-refractivity contribution in [3.8, 4) is 66.8 Å². The van der Waals surface area contributed by atoms with Crippen molar-refractivity contribution in [3.63, 3.8) is 0 Å². The third-order valence-corrected chi connectivity index (χ3v) is 14.6. The molecule has 0 spiro atoms. The number of rotatable bonds is 12. The number of hydrogen-bond donors (Lipinski definition) is 0. The van der Waals surface area contributed by atoms with Crippen LogP contribution in [0.15, 0.2) is 315 Å². The van der Waals surface area contributed by atoms with Gasteiger partial charge in [0.15, 0.2) is 0 Å². The van der Waals surface area contributed by atoms with Gasteiger partial charge in [0, 0.05) is 33.6 Å². The van der Waals surface area contributed by atoms with Crippen LogP contribution in [0.25, 0.3) is 88.3 Å². The molecule has 0 saturated carbocycles. The number of hydrogen-bond acceptors (Lipinski definition) is 2. The molecule has 0 radical (unpaired) electrons. The van der Waals surface area contributed by atoms with E-state index < -0.39 is 0 Å². The van der Waals surface area contributed by atoms with Crippen LogP contribution in [0.5, 0.6) is 0 Å². The highest BCUT2D eigenvalue weighted by Gasteiger charge is 2.26. The van der Waals surface area contributed by atoms with Gasteiger partial charge in [-0.05, 0) is 115 Å². The highest BCUT2D eigenvalue weighted by Crippen LogP contribution is 2.51. The fraction of sp³-hybridized carbons (Fsp3) is 0. The fourth-order valence-electron chi connectivity index (χ4n) is 11.3. The fourth-order valence-corrected chi connectivity index (χ4v) is 11.3. The van der Waals surface area contributed by atoms with Gasteiger partial charge in [0.1, 0.15) is 0 Å². The van der Waals surface area contributed by atoms with E-state index in [4.69, 9.17) is 0 Å². The second kappa shape index (κ2) is 20.5. The number of para-hydroxylation sites is 4. The Labute approximate surface area is 445 Å². The molecule has 0 bridgehead atoms. The minimum absolute atomic E-state index is 1.06. The summed E-state index contributed by atoms with van der Waals surface area (Å²) < 4.78 is 0. The van der Waals surface area contributed by atoms with Crippen LogP contribution >= 0.6 is 0 Å². The average Bonchev–Trinajstić information content (AvgIpc) is 3.55. The third-order valence-electron chi connectivity index (χ3n) is 14.6. The molecule has 0 atom stereocenters. The summed E-state index contributed by atoms with van der Waals surface area (Å²) in [4.78, 5) is 4.95. The van der Waals surface area contributed by atoms with Crippen molar-refractivity contribution in [2.45, 2.75) is 0 Å². The van der Waals surface area contributed by atoms with E-state index in [0.717, 1.165) is 89.8 Å². The zero-order valence-corrected chi connectivity index (χ0v) is 41.9. The molecule has 2 nitrogen and oxygen atoms in total. The van der Waals surface area contributed by atoms with Gasteiger partial charge in [0.25, 0.3) is 0 Å². The SMILES string of the molecule is c1ccc(-c2ccccc2N(c2ccc3c(-c4ccccc4)c4cc(N(c5ccccc5-c5ccccc5)c5ccccc5-c5ccccc5)ccc4c(-c4ccccc4)c3c2)c2ccccc2-c2ccccc2)cc1. The molecule has 0 saturated heterocycles. The Morgan fingerprint density at radius 1 is 0.171 bits per heavy atom. The number of fused-ring (bicyclic) bond motifs is 2. The van der Waals surface area contributed by atoms with E-state index in [9.17, 15) is 0 Å². The molecule has 0 amide bonds. The molecule has 0 fully saturated rings. The molecule has 0 heterocycles. The van der Waals surface area contributed by atoms with Crippen LogP contribution in [0.4, 0.5) is 34.1 Å². The molecule has 76 heavy (non-hydrogen) atoms. The molecule has 0 N–H and O–H groups in total. The van der Waals surface area contributed by atoms with E-state index in [0.29, 0.717) is 0 Å². The molecule has 0 aromatic heterocycles. The highest BCUT2D eigenvalue weighted by atomic mass is 15.2. The van der Waals surface area contributed by atoms with Gasteiger partial charge < -0.3 is 9.80 Å². The summed E-state index contributed by atoms with van der Waals surface area (Å²) in [5.74, 6) is 0. The first-order valence-corrected chi connectivity index (χ1v) is 26.1. The lowest BCUT2D eigenvalue weighted by atomic mass is 9.85. The Morgan fingerprint density at radius 3 is 0.658 bits per heavy atom. The zero-order valence-electron chi connectivity index (χ0n) is 41.9. The lowest BCUT2D eigenvalue weighted by Crippen LogP contribution is -2.13. The molecule has 13 aromatic rings. The van der Waals surface area contributed by atoms with Gasteiger partial charge in [0.05, 0.1) is 22.7 Å². The molecule has 2 heteroatoms. The van der Waals surface area contributed by atoms with Crippen LogP contribution < -0.4 is 9.80 Å². The molecule has 0 aliphatic rings. The van der Waals surface area contributed by atoms with E-state index in [-0.39, 0.29) is 0 Å². The first-order chi connectivity index (χ1) is 37.8. The van der Waals surface area contributed by atoms with Crippen molar-refractivity contribution in [1.82, 2.24) is 0 Å². The Balaban J connectivity index is 1.12. The smallest absolute Gasteiger partial charge is 0.0540 e. The van der Waals surface area contributed by atoms with Crippen molar-refractivity contribution in [3.05, 3.63) is 315 Å². The van der Waals surface area contributed by atoms with Crippen LogP contribution in [-0.4, -0.2) is 0 Å². The predicted molar refractivity (Wildman–Crippen MR) is 323 cm³/mol. The van der Waals surface area contributed by atoms with Crippen molar-refractivity contribution in [1.29, 1.82) is 0 Å². The van der Waals surface area contributed by atoms with Crippen LogP contribution in [0.1, 0.15) is 0 Å². The summed E-state index contributed by atoms with van der Waals surface area (Å²) in [6, 6.07) is 115. The van der Waals surface area contributed by atoms with E-state index in [1.165, 1.54) is 32.7 Å². The van der Waals surface area contributed by atoms with Crippen molar-refractivity contribution in [2.24, 2.45) is 0 Å². The van der Waals surface area contributed by atoms with E-state index in [1.54, 1.807) is 0 Å². The third kappa shape index (κ3) is 8.58. The monoisotopic (exact) mass is 968 g/mol. The molecule has 13 aromatic carbocycles. The molecule has 13 rings (SSSR count). The summed E-state index contributed by atoms with van der Waals surface area (Å²) in [5, 5.41) is 4.69. The van der Waals surface area contributed by atoms with Gasteiger partial charge in [-0.2, -0.15) is 0 Å². The van der Waals surface area contributed by atoms with Crippen LogP contribution in [0.2, 0.25) is 0 Å². The average molecular weight is 969 g/mol. The quantitative estimate of drug-likeness (QED) is 0.113. The van der Waals surface area contributed by atoms with Crippen molar-refractivity contribution >= 4 is 55.7 Å². The molecular weight excluding hydrogens is 917 g/mol. The molecule has 358 valence electrons.